The van der Waals surface area contributed by atoms with Crippen molar-refractivity contribution >= 4 is 0 Å². The summed E-state index contributed by atoms with van der Waals surface area (Å²) in [6.45, 7) is 2.75. The third-order valence-corrected chi connectivity index (χ3v) is 2.41. The lowest BCUT2D eigenvalue weighted by Gasteiger charge is -1.97. The van der Waals surface area contributed by atoms with Gasteiger partial charge in [0.2, 0.25) is 0 Å². The van der Waals surface area contributed by atoms with Gasteiger partial charge >= 0.3 is 0 Å². The standard InChI is InChI=1S/C12H14N2O/c1-9-11(8-13-2)15-14-12(9)10-6-4-3-5-7-10/h3-7,13H,8H2,1-2H3. The fraction of sp³-hybridized carbons (Fsp3) is 0.250. The summed E-state index contributed by atoms with van der Waals surface area (Å²) in [6, 6.07) is 10.1. The summed E-state index contributed by atoms with van der Waals surface area (Å²) in [4.78, 5) is 0. The predicted molar refractivity (Wildman–Crippen MR) is 59.4 cm³/mol. The van der Waals surface area contributed by atoms with Crippen molar-refractivity contribution in [2.75, 3.05) is 7.05 Å². The molecule has 0 atom stereocenters. The van der Waals surface area contributed by atoms with Crippen molar-refractivity contribution in [1.29, 1.82) is 0 Å². The van der Waals surface area contributed by atoms with Gasteiger partial charge in [-0.2, -0.15) is 0 Å². The lowest BCUT2D eigenvalue weighted by molar-refractivity contribution is 0.378. The molecule has 3 heteroatoms. The van der Waals surface area contributed by atoms with Crippen molar-refractivity contribution < 1.29 is 4.52 Å². The molecule has 3 nitrogen and oxygen atoms in total. The van der Waals surface area contributed by atoms with E-state index in [4.69, 9.17) is 4.52 Å². The van der Waals surface area contributed by atoms with Crippen molar-refractivity contribution in [3.8, 4) is 11.3 Å². The van der Waals surface area contributed by atoms with Gasteiger partial charge in [-0.05, 0) is 14.0 Å². The van der Waals surface area contributed by atoms with Crippen molar-refractivity contribution in [2.24, 2.45) is 0 Å². The molecular weight excluding hydrogens is 188 g/mol. The average molecular weight is 202 g/mol. The minimum absolute atomic E-state index is 0.714. The first-order chi connectivity index (χ1) is 7.33. The van der Waals surface area contributed by atoms with Crippen molar-refractivity contribution in [1.82, 2.24) is 10.5 Å². The van der Waals surface area contributed by atoms with Crippen LogP contribution in [0.2, 0.25) is 0 Å². The summed E-state index contributed by atoms with van der Waals surface area (Å²) in [5, 5.41) is 7.15. The highest BCUT2D eigenvalue weighted by Crippen LogP contribution is 2.24. The largest absolute Gasteiger partial charge is 0.359 e. The molecule has 78 valence electrons. The Kier molecular flexibility index (Phi) is 2.83. The zero-order valence-electron chi connectivity index (χ0n) is 8.95. The first-order valence-corrected chi connectivity index (χ1v) is 4.98. The Morgan fingerprint density at radius 1 is 1.27 bits per heavy atom. The molecule has 0 aliphatic rings. The van der Waals surface area contributed by atoms with Crippen LogP contribution in [-0.4, -0.2) is 12.2 Å². The van der Waals surface area contributed by atoms with Crippen LogP contribution in [0.5, 0.6) is 0 Å². The van der Waals surface area contributed by atoms with E-state index in [1.165, 1.54) is 0 Å². The van der Waals surface area contributed by atoms with Gasteiger partial charge in [-0.1, -0.05) is 35.5 Å². The molecule has 0 saturated heterocycles. The van der Waals surface area contributed by atoms with Gasteiger partial charge in [0.05, 0.1) is 6.54 Å². The van der Waals surface area contributed by atoms with E-state index in [-0.39, 0.29) is 0 Å². The molecule has 0 spiro atoms. The highest BCUT2D eigenvalue weighted by Gasteiger charge is 2.11. The second-order valence-electron chi connectivity index (χ2n) is 3.48. The number of benzene rings is 1. The van der Waals surface area contributed by atoms with E-state index >= 15 is 0 Å². The van der Waals surface area contributed by atoms with Gasteiger partial charge in [0.1, 0.15) is 5.69 Å². The highest BCUT2D eigenvalue weighted by molar-refractivity contribution is 5.62. The van der Waals surface area contributed by atoms with Gasteiger partial charge < -0.3 is 9.84 Å². The molecule has 0 fully saturated rings. The average Bonchev–Trinajstić information content (AvgIpc) is 2.63. The molecule has 0 aliphatic heterocycles. The fourth-order valence-electron chi connectivity index (χ4n) is 1.56. The summed E-state index contributed by atoms with van der Waals surface area (Å²) < 4.78 is 5.28. The maximum Gasteiger partial charge on any atom is 0.154 e. The number of aromatic nitrogens is 1. The second-order valence-corrected chi connectivity index (χ2v) is 3.48. The van der Waals surface area contributed by atoms with E-state index in [2.05, 4.69) is 10.5 Å². The summed E-state index contributed by atoms with van der Waals surface area (Å²) in [6.07, 6.45) is 0. The van der Waals surface area contributed by atoms with Crippen LogP contribution in [0.25, 0.3) is 11.3 Å². The minimum atomic E-state index is 0.714. The topological polar surface area (TPSA) is 38.1 Å². The lowest BCUT2D eigenvalue weighted by Crippen LogP contribution is -2.04. The Labute approximate surface area is 89.1 Å². The Bertz CT molecular complexity index is 434. The first-order valence-electron chi connectivity index (χ1n) is 4.98. The third-order valence-electron chi connectivity index (χ3n) is 2.41. The van der Waals surface area contributed by atoms with Crippen LogP contribution in [0.3, 0.4) is 0 Å². The molecule has 15 heavy (non-hydrogen) atoms. The zero-order chi connectivity index (χ0) is 10.7. The molecule has 0 bridgehead atoms. The van der Waals surface area contributed by atoms with Gasteiger partial charge in [0.25, 0.3) is 0 Å². The SMILES string of the molecule is CNCc1onc(-c2ccccc2)c1C. The van der Waals surface area contributed by atoms with Gasteiger partial charge in [0.15, 0.2) is 5.76 Å². The monoisotopic (exact) mass is 202 g/mol. The van der Waals surface area contributed by atoms with Gasteiger partial charge in [-0.3, -0.25) is 0 Å². The van der Waals surface area contributed by atoms with Crippen molar-refractivity contribution in [3.63, 3.8) is 0 Å². The molecule has 0 saturated carbocycles. The molecular formula is C12H14N2O. The summed E-state index contributed by atoms with van der Waals surface area (Å²) in [7, 11) is 1.89. The lowest BCUT2D eigenvalue weighted by atomic mass is 10.1. The maximum atomic E-state index is 5.28. The summed E-state index contributed by atoms with van der Waals surface area (Å²) in [5.74, 6) is 0.899. The Balaban J connectivity index is 2.38. The van der Waals surface area contributed by atoms with Crippen LogP contribution in [0.15, 0.2) is 34.9 Å². The Hall–Kier alpha value is -1.61. The molecule has 1 aromatic carbocycles. The molecule has 0 unspecified atom stereocenters. The van der Waals surface area contributed by atoms with E-state index < -0.39 is 0 Å². The van der Waals surface area contributed by atoms with Crippen molar-refractivity contribution in [3.05, 3.63) is 41.7 Å². The molecule has 1 heterocycles. The van der Waals surface area contributed by atoms with E-state index in [0.717, 1.165) is 22.6 Å². The summed E-state index contributed by atoms with van der Waals surface area (Å²) in [5.41, 5.74) is 3.14. The van der Waals surface area contributed by atoms with Crippen LogP contribution in [-0.2, 0) is 6.54 Å². The van der Waals surface area contributed by atoms with Gasteiger partial charge in [-0.25, -0.2) is 0 Å². The third kappa shape index (κ3) is 1.92. The smallest absolute Gasteiger partial charge is 0.154 e. The molecule has 1 aromatic heterocycles. The Morgan fingerprint density at radius 3 is 2.67 bits per heavy atom. The first kappa shape index (κ1) is 9.93. The van der Waals surface area contributed by atoms with Gasteiger partial charge in [-0.15, -0.1) is 0 Å². The highest BCUT2D eigenvalue weighted by atomic mass is 16.5. The van der Waals surface area contributed by atoms with E-state index in [9.17, 15) is 0 Å². The van der Waals surface area contributed by atoms with Crippen LogP contribution in [0, 0.1) is 6.92 Å². The number of nitrogens with zero attached hydrogens (tertiary/aromatic N) is 1. The van der Waals surface area contributed by atoms with Crippen LogP contribution < -0.4 is 5.32 Å². The molecule has 2 aromatic rings. The summed E-state index contributed by atoms with van der Waals surface area (Å²) >= 11 is 0. The normalized spacial score (nSPS) is 10.5. The molecule has 0 aliphatic carbocycles. The molecule has 1 N–H and O–H groups in total. The van der Waals surface area contributed by atoms with Gasteiger partial charge in [0, 0.05) is 11.1 Å². The zero-order valence-corrected chi connectivity index (χ0v) is 8.95. The van der Waals surface area contributed by atoms with Crippen LogP contribution in [0.4, 0.5) is 0 Å². The number of hydrogen-bond acceptors (Lipinski definition) is 3. The second kappa shape index (κ2) is 4.28. The van der Waals surface area contributed by atoms with Crippen LogP contribution >= 0.6 is 0 Å². The van der Waals surface area contributed by atoms with E-state index in [1.54, 1.807) is 0 Å². The number of hydrogen-bond donors (Lipinski definition) is 1. The molecule has 0 amide bonds. The Morgan fingerprint density at radius 2 is 2.00 bits per heavy atom. The predicted octanol–water partition coefficient (Wildman–Crippen LogP) is 2.37. The van der Waals surface area contributed by atoms with E-state index in [1.807, 2.05) is 44.3 Å². The fourth-order valence-corrected chi connectivity index (χ4v) is 1.56. The molecule has 0 radical (unpaired) electrons. The maximum absolute atomic E-state index is 5.28. The number of nitrogens with one attached hydrogen (secondary N) is 1. The van der Waals surface area contributed by atoms with Crippen LogP contribution in [0.1, 0.15) is 11.3 Å². The number of rotatable bonds is 3. The quantitative estimate of drug-likeness (QED) is 0.830. The van der Waals surface area contributed by atoms with Crippen molar-refractivity contribution in [2.45, 2.75) is 13.5 Å². The minimum Gasteiger partial charge on any atom is -0.359 e. The van der Waals surface area contributed by atoms with E-state index in [0.29, 0.717) is 6.54 Å². The molecule has 2 rings (SSSR count).